The molecule has 0 saturated carbocycles. The van der Waals surface area contributed by atoms with Gasteiger partial charge in [0.2, 0.25) is 10.0 Å². The van der Waals surface area contributed by atoms with Crippen LogP contribution in [0.2, 0.25) is 0 Å². The van der Waals surface area contributed by atoms with E-state index in [0.29, 0.717) is 12.2 Å². The fraction of sp³-hybridized carbons (Fsp3) is 0.294. The van der Waals surface area contributed by atoms with Crippen molar-refractivity contribution in [2.24, 2.45) is 10.2 Å². The summed E-state index contributed by atoms with van der Waals surface area (Å²) in [7, 11) is -11.9. The molecule has 0 fully saturated rings. The number of nitrogens with one attached hydrogen (secondary N) is 1. The van der Waals surface area contributed by atoms with E-state index < -0.39 is 42.9 Å². The number of benzene rings is 2. The van der Waals surface area contributed by atoms with Gasteiger partial charge in [-0.3, -0.25) is 13.4 Å². The number of azo groups is 1. The van der Waals surface area contributed by atoms with Gasteiger partial charge in [0.1, 0.15) is 4.90 Å². The molecule has 0 heterocycles. The second-order valence-electron chi connectivity index (χ2n) is 6.44. The number of sulfonamides is 1. The maximum atomic E-state index is 12.3. The largest absolute Gasteiger partial charge is 0.397 e. The quantitative estimate of drug-likeness (QED) is 0.291. The summed E-state index contributed by atoms with van der Waals surface area (Å²) in [5.41, 5.74) is 0.939. The lowest BCUT2D eigenvalue weighted by Crippen LogP contribution is -2.31. The molecular weight excluding hydrogens is 500 g/mol. The van der Waals surface area contributed by atoms with Gasteiger partial charge in [-0.1, -0.05) is 0 Å². The normalized spacial score (nSPS) is 12.7. The van der Waals surface area contributed by atoms with Crippen LogP contribution in [0.3, 0.4) is 0 Å². The monoisotopic (exact) mass is 522 g/mol. The van der Waals surface area contributed by atoms with Crippen molar-refractivity contribution < 1.29 is 38.5 Å². The van der Waals surface area contributed by atoms with Gasteiger partial charge in [0.15, 0.2) is 0 Å². The van der Waals surface area contributed by atoms with Gasteiger partial charge >= 0.3 is 10.4 Å². The molecule has 3 N–H and O–H groups in total. The van der Waals surface area contributed by atoms with Gasteiger partial charge in [-0.15, -0.1) is 0 Å². The van der Waals surface area contributed by atoms with Crippen molar-refractivity contribution in [2.75, 3.05) is 35.6 Å². The van der Waals surface area contributed by atoms with Gasteiger partial charge < -0.3 is 5.32 Å². The Labute approximate surface area is 191 Å². The van der Waals surface area contributed by atoms with Gasteiger partial charge in [-0.2, -0.15) is 27.1 Å². The summed E-state index contributed by atoms with van der Waals surface area (Å²) in [6.07, 6.45) is 0. The van der Waals surface area contributed by atoms with E-state index in [2.05, 4.69) is 19.7 Å². The highest BCUT2D eigenvalue weighted by molar-refractivity contribution is 7.92. The molecule has 2 aromatic rings. The van der Waals surface area contributed by atoms with Crippen molar-refractivity contribution in [3.8, 4) is 0 Å². The third kappa shape index (κ3) is 8.02. The average Bonchev–Trinajstić information content (AvgIpc) is 2.71. The minimum atomic E-state index is -4.74. The van der Waals surface area contributed by atoms with E-state index >= 15 is 0 Å². The molecule has 0 saturated heterocycles. The molecule has 2 rings (SSSR count). The first kappa shape index (κ1) is 26.6. The highest BCUT2D eigenvalue weighted by Gasteiger charge is 2.20. The van der Waals surface area contributed by atoms with Crippen LogP contribution in [0.25, 0.3) is 0 Å². The third-order valence-electron chi connectivity index (χ3n) is 4.10. The van der Waals surface area contributed by atoms with Gasteiger partial charge in [-0.05, 0) is 49.4 Å². The lowest BCUT2D eigenvalue weighted by molar-refractivity contribution is 0.284. The Kier molecular flexibility index (Phi) is 8.50. The molecule has 33 heavy (non-hydrogen) atoms. The zero-order chi connectivity index (χ0) is 24.9. The topological polar surface area (TPSA) is 192 Å². The highest BCUT2D eigenvalue weighted by Crippen LogP contribution is 2.28. The molecular formula is C17H22N4O9S3. The second-order valence-corrected chi connectivity index (χ2v) is 11.0. The maximum absolute atomic E-state index is 12.3. The van der Waals surface area contributed by atoms with E-state index in [1.54, 1.807) is 6.92 Å². The summed E-state index contributed by atoms with van der Waals surface area (Å²) in [6.45, 7) is 1.45. The van der Waals surface area contributed by atoms with Crippen molar-refractivity contribution in [1.82, 2.24) is 0 Å². The molecule has 16 heteroatoms. The minimum Gasteiger partial charge on any atom is -0.384 e. The van der Waals surface area contributed by atoms with Crippen molar-refractivity contribution >= 4 is 53.3 Å². The zero-order valence-corrected chi connectivity index (χ0v) is 19.9. The number of nitrogens with zero attached hydrogens (tertiary/aromatic N) is 3. The van der Waals surface area contributed by atoms with E-state index in [0.717, 1.165) is 10.4 Å². The summed E-state index contributed by atoms with van der Waals surface area (Å²) in [5, 5.41) is 10.7. The van der Waals surface area contributed by atoms with Crippen LogP contribution in [0.1, 0.15) is 6.92 Å². The molecule has 13 nitrogen and oxygen atoms in total. The molecule has 0 spiro atoms. The first-order valence-electron chi connectivity index (χ1n) is 9.18. The van der Waals surface area contributed by atoms with Crippen molar-refractivity contribution in [3.05, 3.63) is 42.5 Å². The van der Waals surface area contributed by atoms with Crippen molar-refractivity contribution in [1.29, 1.82) is 0 Å². The molecule has 0 amide bonds. The molecule has 0 aliphatic heterocycles. The van der Waals surface area contributed by atoms with Gasteiger partial charge in [0.25, 0.3) is 10.1 Å². The fourth-order valence-electron chi connectivity index (χ4n) is 2.51. The van der Waals surface area contributed by atoms with Gasteiger partial charge in [-0.25, -0.2) is 12.6 Å². The Morgan fingerprint density at radius 3 is 2.06 bits per heavy atom. The minimum absolute atomic E-state index is 0.159. The number of rotatable bonds is 11. The Balaban J connectivity index is 2.16. The zero-order valence-electron chi connectivity index (χ0n) is 17.5. The van der Waals surface area contributed by atoms with Gasteiger partial charge in [0, 0.05) is 13.6 Å². The molecule has 0 aliphatic carbocycles. The summed E-state index contributed by atoms with van der Waals surface area (Å²) in [6, 6.07) is 9.85. The van der Waals surface area contributed by atoms with Crippen LogP contribution in [0.15, 0.2) is 57.6 Å². The predicted octanol–water partition coefficient (Wildman–Crippen LogP) is 2.37. The van der Waals surface area contributed by atoms with Crippen molar-refractivity contribution in [3.63, 3.8) is 0 Å². The second kappa shape index (κ2) is 10.5. The first-order chi connectivity index (χ1) is 15.2. The molecule has 182 valence electrons. The lowest BCUT2D eigenvalue weighted by Gasteiger charge is -2.19. The summed E-state index contributed by atoms with van der Waals surface area (Å²) < 4.78 is 91.6. The molecule has 0 atom stereocenters. The van der Waals surface area contributed by atoms with Crippen LogP contribution >= 0.6 is 0 Å². The number of hydrogen-bond acceptors (Lipinski definition) is 10. The Morgan fingerprint density at radius 2 is 1.52 bits per heavy atom. The van der Waals surface area contributed by atoms with E-state index in [1.807, 2.05) is 0 Å². The molecule has 0 aliphatic rings. The maximum Gasteiger partial charge on any atom is 0.397 e. The predicted molar refractivity (Wildman–Crippen MR) is 121 cm³/mol. The third-order valence-corrected chi connectivity index (χ3v) is 7.18. The summed E-state index contributed by atoms with van der Waals surface area (Å²) in [5.74, 6) is -0.691. The van der Waals surface area contributed by atoms with Crippen LogP contribution in [0.5, 0.6) is 0 Å². The molecule has 0 radical (unpaired) electrons. The summed E-state index contributed by atoms with van der Waals surface area (Å²) in [4.78, 5) is -0.346. The van der Waals surface area contributed by atoms with Crippen molar-refractivity contribution in [2.45, 2.75) is 11.8 Å². The van der Waals surface area contributed by atoms with Crippen LogP contribution in [0, 0.1) is 0 Å². The van der Waals surface area contributed by atoms with E-state index in [1.165, 1.54) is 43.4 Å². The lowest BCUT2D eigenvalue weighted by atomic mass is 10.3. The van der Waals surface area contributed by atoms with E-state index in [-0.39, 0.29) is 22.0 Å². The van der Waals surface area contributed by atoms with Gasteiger partial charge in [0.05, 0.1) is 35.1 Å². The molecule has 0 aromatic heterocycles. The standard InChI is InChI=1S/C17H22N4O9S3/c1-3-18-16-9-6-14(12-17(16)32(24,25)26)20-19-13-4-7-15(8-5-13)21(2)31(22,23)11-10-30-33(27,28)29/h4-9,12,18H,3,10-11H2,1-2H3,(H,24,25,26)(H,27,28,29). The average molecular weight is 523 g/mol. The Bertz CT molecular complexity index is 1320. The smallest absolute Gasteiger partial charge is 0.384 e. The summed E-state index contributed by atoms with van der Waals surface area (Å²) >= 11 is 0. The first-order valence-corrected chi connectivity index (χ1v) is 13.6. The SMILES string of the molecule is CCNc1ccc(N=Nc2ccc(N(C)S(=O)(=O)CCOS(=O)(=O)O)cc2)cc1S(=O)(=O)O. The highest BCUT2D eigenvalue weighted by atomic mass is 32.3. The van der Waals surface area contributed by atoms with Crippen LogP contribution in [-0.2, 0) is 34.7 Å². The van der Waals surface area contributed by atoms with Crippen LogP contribution < -0.4 is 9.62 Å². The molecule has 0 bridgehead atoms. The number of anilines is 2. The Morgan fingerprint density at radius 1 is 0.939 bits per heavy atom. The van der Waals surface area contributed by atoms with Crippen LogP contribution in [-0.4, -0.2) is 60.3 Å². The fourth-order valence-corrected chi connectivity index (χ4v) is 4.61. The van der Waals surface area contributed by atoms with E-state index in [9.17, 15) is 29.8 Å². The number of hydrogen-bond donors (Lipinski definition) is 3. The van der Waals surface area contributed by atoms with E-state index in [4.69, 9.17) is 4.55 Å². The molecule has 0 unspecified atom stereocenters. The molecule has 2 aromatic carbocycles. The van der Waals surface area contributed by atoms with Crippen LogP contribution in [0.4, 0.5) is 22.7 Å². The Hall–Kier alpha value is -2.63.